The quantitative estimate of drug-likeness (QED) is 0.674. The van der Waals surface area contributed by atoms with Crippen LogP contribution in [0.4, 0.5) is 5.69 Å². The molecule has 7 heteroatoms. The molecule has 2 aromatic carbocycles. The van der Waals surface area contributed by atoms with Crippen molar-refractivity contribution in [3.63, 3.8) is 0 Å². The first-order valence-corrected chi connectivity index (χ1v) is 11.9. The van der Waals surface area contributed by atoms with E-state index in [-0.39, 0.29) is 6.04 Å². The summed E-state index contributed by atoms with van der Waals surface area (Å²) in [4.78, 5) is 0.306. The average molecular weight is 427 g/mol. The molecule has 1 unspecified atom stereocenters. The van der Waals surface area contributed by atoms with Crippen molar-refractivity contribution in [2.24, 2.45) is 0 Å². The Bertz CT molecular complexity index is 1050. The monoisotopic (exact) mass is 427 g/mol. The number of anilines is 1. The molecule has 1 saturated heterocycles. The Balaban J connectivity index is 1.70. The molecule has 2 aliphatic heterocycles. The first-order chi connectivity index (χ1) is 13.9. The minimum Gasteiger partial charge on any atom is -0.403 e. The molecule has 2 heterocycles. The lowest BCUT2D eigenvalue weighted by molar-refractivity contribution is 0.00578. The summed E-state index contributed by atoms with van der Waals surface area (Å²) < 4.78 is 41.3. The Morgan fingerprint density at radius 1 is 0.967 bits per heavy atom. The Kier molecular flexibility index (Phi) is 5.07. The van der Waals surface area contributed by atoms with Crippen molar-refractivity contribution < 1.29 is 17.7 Å². The highest BCUT2D eigenvalue weighted by molar-refractivity contribution is 7.92. The largest absolute Gasteiger partial charge is 0.459 e. The summed E-state index contributed by atoms with van der Waals surface area (Å²) in [5.74, 6) is 0. The molecule has 0 aromatic heterocycles. The van der Waals surface area contributed by atoms with E-state index in [0.717, 1.165) is 22.4 Å². The van der Waals surface area contributed by atoms with Gasteiger partial charge in [-0.1, -0.05) is 35.4 Å². The lowest BCUT2D eigenvalue weighted by atomic mass is 9.80. The third-order valence-electron chi connectivity index (χ3n) is 6.60. The van der Waals surface area contributed by atoms with Crippen LogP contribution in [0.15, 0.2) is 47.4 Å². The Hall–Kier alpha value is -1.83. The minimum absolute atomic E-state index is 0.261. The van der Waals surface area contributed by atoms with Crippen LogP contribution in [0, 0.1) is 13.8 Å². The van der Waals surface area contributed by atoms with Crippen LogP contribution in [0.2, 0.25) is 6.32 Å². The maximum atomic E-state index is 13.7. The van der Waals surface area contributed by atoms with E-state index in [1.807, 2.05) is 65.8 Å². The first kappa shape index (κ1) is 21.4. The van der Waals surface area contributed by atoms with Gasteiger partial charge >= 0.3 is 7.12 Å². The summed E-state index contributed by atoms with van der Waals surface area (Å²) in [6.45, 7) is 12.0. The van der Waals surface area contributed by atoms with Gasteiger partial charge in [0.25, 0.3) is 10.0 Å². The number of fused-ring (bicyclic) bond motifs is 1. The highest BCUT2D eigenvalue weighted by atomic mass is 32.2. The lowest BCUT2D eigenvalue weighted by Gasteiger charge is -2.32. The Morgan fingerprint density at radius 3 is 2.13 bits per heavy atom. The summed E-state index contributed by atoms with van der Waals surface area (Å²) in [5.41, 5.74) is 3.06. The van der Waals surface area contributed by atoms with Gasteiger partial charge in [-0.15, -0.1) is 0 Å². The van der Waals surface area contributed by atoms with Crippen LogP contribution in [0.1, 0.15) is 44.4 Å². The minimum atomic E-state index is -3.71. The van der Waals surface area contributed by atoms with Crippen LogP contribution in [0.5, 0.6) is 0 Å². The van der Waals surface area contributed by atoms with Crippen molar-refractivity contribution >= 4 is 22.8 Å². The van der Waals surface area contributed by atoms with Crippen LogP contribution < -0.4 is 4.31 Å². The summed E-state index contributed by atoms with van der Waals surface area (Å²) in [6.07, 6.45) is 1.12. The summed E-state index contributed by atoms with van der Waals surface area (Å²) in [7, 11) is -4.16. The van der Waals surface area contributed by atoms with Gasteiger partial charge in [-0.05, 0) is 71.7 Å². The van der Waals surface area contributed by atoms with E-state index in [4.69, 9.17) is 9.31 Å². The number of nitrogens with zero attached hydrogens (tertiary/aromatic N) is 1. The molecule has 0 radical (unpaired) electrons. The zero-order valence-corrected chi connectivity index (χ0v) is 19.4. The van der Waals surface area contributed by atoms with Crippen molar-refractivity contribution in [1.29, 1.82) is 0 Å². The molecule has 0 spiro atoms. The van der Waals surface area contributed by atoms with Gasteiger partial charge in [-0.2, -0.15) is 0 Å². The number of rotatable bonds is 4. The van der Waals surface area contributed by atoms with E-state index in [9.17, 15) is 8.42 Å². The molecule has 0 bridgehead atoms. The van der Waals surface area contributed by atoms with Gasteiger partial charge in [0.2, 0.25) is 0 Å². The van der Waals surface area contributed by atoms with Crippen LogP contribution in [-0.4, -0.2) is 32.8 Å². The molecular weight excluding hydrogens is 397 g/mol. The van der Waals surface area contributed by atoms with Crippen molar-refractivity contribution in [3.05, 3.63) is 59.2 Å². The van der Waals surface area contributed by atoms with Gasteiger partial charge in [-0.25, -0.2) is 8.42 Å². The fourth-order valence-electron chi connectivity index (χ4n) is 4.24. The molecular formula is C23H30BNO4S. The zero-order valence-electron chi connectivity index (χ0n) is 18.6. The fourth-order valence-corrected chi connectivity index (χ4v) is 5.94. The van der Waals surface area contributed by atoms with Gasteiger partial charge in [0.1, 0.15) is 0 Å². The third-order valence-corrected chi connectivity index (χ3v) is 8.48. The Morgan fingerprint density at radius 2 is 1.53 bits per heavy atom. The van der Waals surface area contributed by atoms with Gasteiger partial charge in [0.15, 0.2) is 0 Å². The molecule has 2 aliphatic rings. The van der Waals surface area contributed by atoms with Crippen LogP contribution >= 0.6 is 0 Å². The van der Waals surface area contributed by atoms with Crippen molar-refractivity contribution in [3.8, 4) is 0 Å². The van der Waals surface area contributed by atoms with Crippen molar-refractivity contribution in [2.45, 2.75) is 76.4 Å². The van der Waals surface area contributed by atoms with E-state index < -0.39 is 28.3 Å². The second-order valence-corrected chi connectivity index (χ2v) is 11.3. The predicted octanol–water partition coefficient (Wildman–Crippen LogP) is 4.52. The molecule has 2 aromatic rings. The van der Waals surface area contributed by atoms with Crippen molar-refractivity contribution in [2.75, 3.05) is 4.31 Å². The van der Waals surface area contributed by atoms with E-state index in [1.54, 1.807) is 16.4 Å². The number of benzene rings is 2. The topological polar surface area (TPSA) is 55.8 Å². The van der Waals surface area contributed by atoms with Gasteiger partial charge < -0.3 is 9.31 Å². The number of aryl methyl sites for hydroxylation is 2. The highest BCUT2D eigenvalue weighted by Crippen LogP contribution is 2.43. The van der Waals surface area contributed by atoms with Crippen LogP contribution in [0.25, 0.3) is 0 Å². The van der Waals surface area contributed by atoms with Gasteiger partial charge in [-0.3, -0.25) is 4.31 Å². The number of hydrogen-bond donors (Lipinski definition) is 0. The number of sulfonamides is 1. The van der Waals surface area contributed by atoms with Gasteiger partial charge in [0.05, 0.1) is 21.8 Å². The lowest BCUT2D eigenvalue weighted by Crippen LogP contribution is -2.41. The van der Waals surface area contributed by atoms with Crippen molar-refractivity contribution in [1.82, 2.24) is 0 Å². The normalized spacial score (nSPS) is 22.4. The molecule has 0 amide bonds. The molecule has 5 nitrogen and oxygen atoms in total. The zero-order chi connectivity index (χ0) is 21.9. The fraction of sp³-hybridized carbons (Fsp3) is 0.478. The molecule has 0 N–H and O–H groups in total. The Labute approximate surface area is 180 Å². The third kappa shape index (κ3) is 3.57. The second kappa shape index (κ2) is 7.11. The number of hydrogen-bond acceptors (Lipinski definition) is 4. The SMILES string of the molecule is Cc1ccc(S(=O)(=O)N2c3ccc(C)cc3CC2CB2OC(C)(C)C(C)(C)O2)cc1. The second-order valence-electron chi connectivity index (χ2n) is 9.53. The molecule has 4 rings (SSSR count). The molecule has 1 atom stereocenters. The summed E-state index contributed by atoms with van der Waals surface area (Å²) >= 11 is 0. The van der Waals surface area contributed by atoms with Crippen LogP contribution in [-0.2, 0) is 25.8 Å². The summed E-state index contributed by atoms with van der Waals surface area (Å²) in [6, 6.07) is 12.7. The maximum Gasteiger partial charge on any atom is 0.459 e. The van der Waals surface area contributed by atoms with E-state index >= 15 is 0 Å². The molecule has 160 valence electrons. The maximum absolute atomic E-state index is 13.7. The highest BCUT2D eigenvalue weighted by Gasteiger charge is 2.53. The van der Waals surface area contributed by atoms with Gasteiger partial charge in [0, 0.05) is 12.4 Å². The van der Waals surface area contributed by atoms with E-state index in [2.05, 4.69) is 6.07 Å². The molecule has 1 fully saturated rings. The van der Waals surface area contributed by atoms with Crippen LogP contribution in [0.3, 0.4) is 0 Å². The van der Waals surface area contributed by atoms with E-state index in [1.165, 1.54) is 0 Å². The predicted molar refractivity (Wildman–Crippen MR) is 120 cm³/mol. The molecule has 0 aliphatic carbocycles. The molecule has 30 heavy (non-hydrogen) atoms. The smallest absolute Gasteiger partial charge is 0.403 e. The standard InChI is InChI=1S/C23H30BNO4S/c1-16-7-10-20(11-8-16)30(26,27)25-19(14-18-13-17(2)9-12-21(18)25)15-24-28-22(3,4)23(5,6)29-24/h7-13,19H,14-15H2,1-6H3. The van der Waals surface area contributed by atoms with E-state index in [0.29, 0.717) is 17.6 Å². The average Bonchev–Trinajstić information content (AvgIpc) is 3.07. The first-order valence-electron chi connectivity index (χ1n) is 10.5. The molecule has 0 saturated carbocycles. The summed E-state index contributed by atoms with van der Waals surface area (Å²) in [5, 5.41) is 0.